The molecule has 1 unspecified atom stereocenters. The first kappa shape index (κ1) is 29.4. The average molecular weight is 557 g/mol. The van der Waals surface area contributed by atoms with Crippen LogP contribution in [0.5, 0.6) is 0 Å². The van der Waals surface area contributed by atoms with Gasteiger partial charge in [0.1, 0.15) is 0 Å². The molecule has 0 saturated carbocycles. The van der Waals surface area contributed by atoms with Gasteiger partial charge in [0.25, 0.3) is 0 Å². The Labute approximate surface area is 217 Å². The normalized spacial score (nSPS) is 19.5. The Balaban J connectivity index is 0.00000240. The maximum atomic E-state index is 2.63. The van der Waals surface area contributed by atoms with Crippen LogP contribution >= 0.6 is 7.92 Å². The summed E-state index contributed by atoms with van der Waals surface area (Å²) in [4.78, 5) is 0. The van der Waals surface area contributed by atoms with Crippen LogP contribution in [-0.2, 0) is 23.2 Å². The summed E-state index contributed by atoms with van der Waals surface area (Å²) in [5.74, 6) is 1.57. The third-order valence-electron chi connectivity index (χ3n) is 6.79. The molecule has 0 aromatic heterocycles. The Morgan fingerprint density at radius 2 is 1.45 bits per heavy atom. The maximum absolute atomic E-state index is 2.63. The van der Waals surface area contributed by atoms with Crippen LogP contribution in [0.15, 0.2) is 49.6 Å². The van der Waals surface area contributed by atoms with E-state index in [1.54, 1.807) is 22.3 Å². The molecule has 0 fully saturated rings. The third kappa shape index (κ3) is 6.07. The van der Waals surface area contributed by atoms with Crippen molar-refractivity contribution in [2.24, 2.45) is 17.3 Å². The molecule has 0 heterocycles. The molecule has 0 spiro atoms. The van der Waals surface area contributed by atoms with Gasteiger partial charge in [0, 0.05) is 0 Å². The van der Waals surface area contributed by atoms with Gasteiger partial charge >= 0.3 is 193 Å². The first-order valence-corrected chi connectivity index (χ1v) is 15.6. The first-order valence-electron chi connectivity index (χ1n) is 11.3. The molecule has 0 saturated heterocycles. The molecule has 0 radical (unpaired) electrons. The van der Waals surface area contributed by atoms with E-state index in [9.17, 15) is 0 Å². The summed E-state index contributed by atoms with van der Waals surface area (Å²) in [7, 11) is -0.0464. The number of halogens is 2. The van der Waals surface area contributed by atoms with Crippen molar-refractivity contribution in [2.75, 3.05) is 12.3 Å². The standard InChI is InChI=1S/C17H24P.C10H15.2ClH.Zr/c1-13(2)11-18(12-14(3)4)17-9-15-7-5-6-8-16(15)10-17;1-7-6-10(4,5)9(3)8(7)2;;;/h5-10,13-14H,11-12H2,1-4H3;1-5H3;2*1H;/q;;;;+2/p-2. The van der Waals surface area contributed by atoms with Crippen LogP contribution in [0.4, 0.5) is 0 Å². The molecule has 4 heteroatoms. The van der Waals surface area contributed by atoms with E-state index in [0.717, 1.165) is 15.5 Å². The molecule has 1 aromatic rings. The minimum Gasteiger partial charge on any atom is -1.00 e. The van der Waals surface area contributed by atoms with Crippen molar-refractivity contribution < 1.29 is 48.0 Å². The summed E-state index contributed by atoms with van der Waals surface area (Å²) in [6.07, 6.45) is 5.41. The second-order valence-electron chi connectivity index (χ2n) is 10.3. The molecule has 0 amide bonds. The van der Waals surface area contributed by atoms with E-state index in [1.165, 1.54) is 17.9 Å². The second kappa shape index (κ2) is 11.6. The summed E-state index contributed by atoms with van der Waals surface area (Å²) in [6.45, 7) is 21.7. The number of rotatable bonds is 7. The van der Waals surface area contributed by atoms with Crippen LogP contribution in [0.2, 0.25) is 0 Å². The Morgan fingerprint density at radius 3 is 1.94 bits per heavy atom. The van der Waals surface area contributed by atoms with Gasteiger partial charge in [-0.05, 0) is 0 Å². The van der Waals surface area contributed by atoms with Gasteiger partial charge < -0.3 is 24.8 Å². The molecule has 3 rings (SSSR count). The smallest absolute Gasteiger partial charge is 1.00 e. The summed E-state index contributed by atoms with van der Waals surface area (Å²) in [5.41, 5.74) is 8.22. The zero-order chi connectivity index (χ0) is 21.5. The van der Waals surface area contributed by atoms with Gasteiger partial charge in [-0.3, -0.25) is 0 Å². The number of fused-ring (bicyclic) bond motifs is 1. The van der Waals surface area contributed by atoms with E-state index in [1.807, 2.05) is 8.60 Å². The molecule has 1 aromatic carbocycles. The quantitative estimate of drug-likeness (QED) is 0.453. The number of hydrogen-bond donors (Lipinski definition) is 0. The summed E-state index contributed by atoms with van der Waals surface area (Å²) >= 11 is -0.794. The van der Waals surface area contributed by atoms with E-state index in [-0.39, 0.29) is 38.2 Å². The van der Waals surface area contributed by atoms with Crippen LogP contribution in [0.1, 0.15) is 77.1 Å². The molecule has 170 valence electrons. The maximum Gasteiger partial charge on any atom is -1.00 e. The Hall–Kier alpha value is 0.333. The molecule has 31 heavy (non-hydrogen) atoms. The molecule has 1 atom stereocenters. The van der Waals surface area contributed by atoms with Crippen molar-refractivity contribution >= 4 is 14.0 Å². The molecular formula is C27H39Cl2PZr. The zero-order valence-corrected chi connectivity index (χ0v) is 25.6. The van der Waals surface area contributed by atoms with E-state index < -0.39 is 23.2 Å². The van der Waals surface area contributed by atoms with Crippen LogP contribution in [-0.4, -0.2) is 12.3 Å². The van der Waals surface area contributed by atoms with Crippen molar-refractivity contribution in [2.45, 2.75) is 65.9 Å². The topological polar surface area (TPSA) is 0 Å². The number of hydrogen-bond acceptors (Lipinski definition) is 0. The van der Waals surface area contributed by atoms with Gasteiger partial charge in [-0.1, -0.05) is 0 Å². The van der Waals surface area contributed by atoms with E-state index in [4.69, 9.17) is 0 Å². The molecule has 0 aliphatic heterocycles. The zero-order valence-electron chi connectivity index (χ0n) is 20.7. The largest absolute Gasteiger partial charge is 1.00 e. The van der Waals surface area contributed by atoms with Gasteiger partial charge in [0.2, 0.25) is 0 Å². The van der Waals surface area contributed by atoms with Crippen LogP contribution in [0.3, 0.4) is 0 Å². The van der Waals surface area contributed by atoms with Gasteiger partial charge in [-0.15, -0.1) is 0 Å². The first-order chi connectivity index (χ1) is 13.5. The number of allylic oxidation sites excluding steroid dienone is 5. The molecule has 0 bridgehead atoms. The molecule has 2 aliphatic carbocycles. The van der Waals surface area contributed by atoms with Crippen LogP contribution < -0.4 is 24.8 Å². The Morgan fingerprint density at radius 1 is 0.903 bits per heavy atom. The molecule has 0 nitrogen and oxygen atoms in total. The van der Waals surface area contributed by atoms with Crippen LogP contribution in [0, 0.1) is 17.3 Å². The van der Waals surface area contributed by atoms with Crippen molar-refractivity contribution in [3.8, 4) is 0 Å². The van der Waals surface area contributed by atoms with Gasteiger partial charge in [-0.25, -0.2) is 0 Å². The minimum absolute atomic E-state index is 0. The summed E-state index contributed by atoms with van der Waals surface area (Å²) in [5, 5.41) is 1.84. The third-order valence-corrected chi connectivity index (χ3v) is 16.3. The minimum atomic E-state index is -0.794. The summed E-state index contributed by atoms with van der Waals surface area (Å²) < 4.78 is 2.58. The van der Waals surface area contributed by atoms with Crippen LogP contribution in [0.25, 0.3) is 6.08 Å². The van der Waals surface area contributed by atoms with Gasteiger partial charge in [-0.2, -0.15) is 0 Å². The average Bonchev–Trinajstić information content (AvgIpc) is 3.06. The Bertz CT molecular complexity index is 867. The predicted octanol–water partition coefficient (Wildman–Crippen LogP) is 2.62. The monoisotopic (exact) mass is 554 g/mol. The van der Waals surface area contributed by atoms with Crippen molar-refractivity contribution in [3.05, 3.63) is 60.7 Å². The van der Waals surface area contributed by atoms with E-state index in [2.05, 4.69) is 92.7 Å². The molecule has 0 N–H and O–H groups in total. The van der Waals surface area contributed by atoms with Crippen molar-refractivity contribution in [1.29, 1.82) is 0 Å². The van der Waals surface area contributed by atoms with Crippen molar-refractivity contribution in [1.82, 2.24) is 0 Å². The summed E-state index contributed by atoms with van der Waals surface area (Å²) in [6, 6.07) is 9.30. The van der Waals surface area contributed by atoms with E-state index in [0.29, 0.717) is 0 Å². The van der Waals surface area contributed by atoms with Crippen molar-refractivity contribution in [3.63, 3.8) is 0 Å². The fraction of sp³-hybridized carbons (Fsp3) is 0.556. The van der Waals surface area contributed by atoms with Gasteiger partial charge in [0.05, 0.1) is 0 Å². The second-order valence-corrected chi connectivity index (χ2v) is 16.0. The fourth-order valence-corrected chi connectivity index (χ4v) is 14.5. The van der Waals surface area contributed by atoms with Gasteiger partial charge in [0.15, 0.2) is 0 Å². The number of benzene rings is 1. The molecule has 2 aliphatic rings. The molecular weight excluding hydrogens is 517 g/mol. The Kier molecular flexibility index (Phi) is 11.0. The fourth-order valence-electron chi connectivity index (χ4n) is 4.93. The SMILES string of the molecule is CC1=C(C)C(C)(C)[C]([Zr+2][CH]2C(P(CC(C)C)CC(C)C)=Cc3ccccc32)=C1C.[Cl-].[Cl-]. The predicted molar refractivity (Wildman–Crippen MR) is 128 cm³/mol. The van der Waals surface area contributed by atoms with E-state index >= 15 is 0 Å².